The highest BCUT2D eigenvalue weighted by Crippen LogP contribution is 2.17. The number of hydrogen-bond acceptors (Lipinski definition) is 3. The molecule has 0 saturated heterocycles. The summed E-state index contributed by atoms with van der Waals surface area (Å²) in [6.07, 6.45) is 2.07. The van der Waals surface area contributed by atoms with E-state index in [4.69, 9.17) is 10.5 Å². The molecule has 0 spiro atoms. The van der Waals surface area contributed by atoms with E-state index in [0.717, 1.165) is 26.1 Å². The van der Waals surface area contributed by atoms with Gasteiger partial charge in [-0.2, -0.15) is 0 Å². The Morgan fingerprint density at radius 2 is 2.15 bits per heavy atom. The van der Waals surface area contributed by atoms with E-state index in [-0.39, 0.29) is 0 Å². The molecule has 74 valence electrons. The van der Waals surface area contributed by atoms with Crippen LogP contribution in [-0.4, -0.2) is 13.2 Å². The van der Waals surface area contributed by atoms with Crippen LogP contribution in [0.1, 0.15) is 23.1 Å². The summed E-state index contributed by atoms with van der Waals surface area (Å²) in [5, 5.41) is 0. The molecule has 0 bridgehead atoms. The van der Waals surface area contributed by atoms with Crippen molar-refractivity contribution in [3.05, 3.63) is 21.9 Å². The van der Waals surface area contributed by atoms with Crippen LogP contribution in [0.25, 0.3) is 0 Å². The second-order valence-electron chi connectivity index (χ2n) is 2.92. The number of ether oxygens (including phenoxy) is 1. The molecule has 1 aromatic heterocycles. The van der Waals surface area contributed by atoms with Crippen LogP contribution in [0, 0.1) is 0 Å². The fourth-order valence-electron chi connectivity index (χ4n) is 1.05. The molecule has 0 amide bonds. The highest BCUT2D eigenvalue weighted by Gasteiger charge is 1.97. The van der Waals surface area contributed by atoms with Gasteiger partial charge in [0.1, 0.15) is 0 Å². The van der Waals surface area contributed by atoms with E-state index in [9.17, 15) is 0 Å². The van der Waals surface area contributed by atoms with E-state index < -0.39 is 0 Å². The van der Waals surface area contributed by atoms with Crippen molar-refractivity contribution in [3.8, 4) is 0 Å². The van der Waals surface area contributed by atoms with Gasteiger partial charge in [-0.05, 0) is 31.5 Å². The van der Waals surface area contributed by atoms with Crippen LogP contribution in [0.3, 0.4) is 0 Å². The summed E-state index contributed by atoms with van der Waals surface area (Å²) in [5.74, 6) is 0. The number of hydrogen-bond donors (Lipinski definition) is 1. The summed E-state index contributed by atoms with van der Waals surface area (Å²) >= 11 is 1.83. The predicted octanol–water partition coefficient (Wildman–Crippen LogP) is 2.18. The van der Waals surface area contributed by atoms with E-state index in [2.05, 4.69) is 19.1 Å². The molecule has 0 atom stereocenters. The average Bonchev–Trinajstić information content (AvgIpc) is 2.60. The minimum Gasteiger partial charge on any atom is -0.376 e. The number of nitrogens with two attached hydrogens (primary N) is 1. The Hall–Kier alpha value is -0.380. The summed E-state index contributed by atoms with van der Waals surface area (Å²) < 4.78 is 5.45. The maximum absolute atomic E-state index is 5.45. The predicted molar refractivity (Wildman–Crippen MR) is 57.0 cm³/mol. The third-order valence-corrected chi connectivity index (χ3v) is 3.01. The highest BCUT2D eigenvalue weighted by atomic mass is 32.1. The van der Waals surface area contributed by atoms with Gasteiger partial charge >= 0.3 is 0 Å². The first-order valence-electron chi connectivity index (χ1n) is 4.72. The van der Waals surface area contributed by atoms with Crippen LogP contribution in [-0.2, 0) is 17.8 Å². The average molecular weight is 199 g/mol. The van der Waals surface area contributed by atoms with Gasteiger partial charge in [-0.25, -0.2) is 0 Å². The monoisotopic (exact) mass is 199 g/mol. The molecule has 1 rings (SSSR count). The van der Waals surface area contributed by atoms with Crippen molar-refractivity contribution < 1.29 is 4.74 Å². The molecule has 13 heavy (non-hydrogen) atoms. The largest absolute Gasteiger partial charge is 0.376 e. The maximum atomic E-state index is 5.45. The molecule has 2 N–H and O–H groups in total. The Balaban J connectivity index is 2.20. The lowest BCUT2D eigenvalue weighted by Gasteiger charge is -1.99. The lowest BCUT2D eigenvalue weighted by atomic mass is 10.4. The Kier molecular flexibility index (Phi) is 5.05. The van der Waals surface area contributed by atoms with E-state index in [1.54, 1.807) is 0 Å². The van der Waals surface area contributed by atoms with Crippen molar-refractivity contribution in [2.24, 2.45) is 5.73 Å². The first-order valence-corrected chi connectivity index (χ1v) is 5.54. The van der Waals surface area contributed by atoms with Gasteiger partial charge in [0.25, 0.3) is 0 Å². The summed E-state index contributed by atoms with van der Waals surface area (Å²) in [7, 11) is 0. The standard InChI is InChI=1S/C10H17NOS/c1-2-9-4-5-10(13-9)8-12-7-3-6-11/h4-5H,2-3,6-8,11H2,1H3. The molecule has 0 aliphatic carbocycles. The number of thiophene rings is 1. The lowest BCUT2D eigenvalue weighted by molar-refractivity contribution is 0.122. The SMILES string of the molecule is CCc1ccc(COCCCN)s1. The van der Waals surface area contributed by atoms with Crippen molar-refractivity contribution in [1.29, 1.82) is 0 Å². The molecule has 0 aromatic carbocycles. The molecule has 0 aliphatic rings. The minimum absolute atomic E-state index is 0.713. The van der Waals surface area contributed by atoms with Crippen LogP contribution < -0.4 is 5.73 Å². The van der Waals surface area contributed by atoms with Crippen LogP contribution in [0.4, 0.5) is 0 Å². The molecule has 3 heteroatoms. The molecule has 0 unspecified atom stereocenters. The normalized spacial score (nSPS) is 10.6. The topological polar surface area (TPSA) is 35.2 Å². The van der Waals surface area contributed by atoms with Crippen LogP contribution in [0.5, 0.6) is 0 Å². The minimum atomic E-state index is 0.713. The van der Waals surface area contributed by atoms with Crippen molar-refractivity contribution in [2.45, 2.75) is 26.4 Å². The molecule has 0 fully saturated rings. The smallest absolute Gasteiger partial charge is 0.0809 e. The number of aryl methyl sites for hydroxylation is 1. The van der Waals surface area contributed by atoms with Crippen molar-refractivity contribution in [3.63, 3.8) is 0 Å². The van der Waals surface area contributed by atoms with E-state index in [1.807, 2.05) is 11.3 Å². The van der Waals surface area contributed by atoms with Gasteiger partial charge in [-0.1, -0.05) is 6.92 Å². The molecule has 1 heterocycles. The highest BCUT2D eigenvalue weighted by molar-refractivity contribution is 7.11. The van der Waals surface area contributed by atoms with E-state index in [1.165, 1.54) is 9.75 Å². The quantitative estimate of drug-likeness (QED) is 0.713. The molecule has 0 saturated carbocycles. The first kappa shape index (κ1) is 10.7. The summed E-state index contributed by atoms with van der Waals surface area (Å²) in [4.78, 5) is 2.74. The fraction of sp³-hybridized carbons (Fsp3) is 0.600. The van der Waals surface area contributed by atoms with Crippen molar-refractivity contribution in [1.82, 2.24) is 0 Å². The molecule has 2 nitrogen and oxygen atoms in total. The summed E-state index contributed by atoms with van der Waals surface area (Å²) in [5.41, 5.74) is 5.36. The Labute approximate surface area is 83.7 Å². The van der Waals surface area contributed by atoms with Crippen molar-refractivity contribution >= 4 is 11.3 Å². The van der Waals surface area contributed by atoms with Gasteiger partial charge in [-0.15, -0.1) is 11.3 Å². The Morgan fingerprint density at radius 1 is 1.38 bits per heavy atom. The van der Waals surface area contributed by atoms with Gasteiger partial charge in [0.05, 0.1) is 6.61 Å². The zero-order valence-corrected chi connectivity index (χ0v) is 8.90. The van der Waals surface area contributed by atoms with E-state index in [0.29, 0.717) is 6.54 Å². The van der Waals surface area contributed by atoms with Gasteiger partial charge in [0.15, 0.2) is 0 Å². The molecular formula is C10H17NOS. The van der Waals surface area contributed by atoms with Gasteiger partial charge in [0, 0.05) is 16.4 Å². The van der Waals surface area contributed by atoms with Crippen LogP contribution >= 0.6 is 11.3 Å². The van der Waals surface area contributed by atoms with Crippen molar-refractivity contribution in [2.75, 3.05) is 13.2 Å². The first-order chi connectivity index (χ1) is 6.36. The molecule has 0 aliphatic heterocycles. The number of rotatable bonds is 6. The maximum Gasteiger partial charge on any atom is 0.0809 e. The van der Waals surface area contributed by atoms with Gasteiger partial charge in [-0.3, -0.25) is 0 Å². The third kappa shape index (κ3) is 3.89. The summed E-state index contributed by atoms with van der Waals surface area (Å²) in [6.45, 7) is 4.40. The second kappa shape index (κ2) is 6.13. The Bertz CT molecular complexity index is 235. The third-order valence-electron chi connectivity index (χ3n) is 1.80. The van der Waals surface area contributed by atoms with E-state index >= 15 is 0 Å². The lowest BCUT2D eigenvalue weighted by Crippen LogP contribution is -2.03. The van der Waals surface area contributed by atoms with Gasteiger partial charge < -0.3 is 10.5 Å². The zero-order chi connectivity index (χ0) is 9.52. The molecular weight excluding hydrogens is 182 g/mol. The second-order valence-corrected chi connectivity index (χ2v) is 4.17. The molecule has 1 aromatic rings. The Morgan fingerprint density at radius 3 is 2.77 bits per heavy atom. The fourth-order valence-corrected chi connectivity index (χ4v) is 1.94. The van der Waals surface area contributed by atoms with Crippen LogP contribution in [0.2, 0.25) is 0 Å². The van der Waals surface area contributed by atoms with Gasteiger partial charge in [0.2, 0.25) is 0 Å². The molecule has 0 radical (unpaired) electrons. The summed E-state index contributed by atoms with van der Waals surface area (Å²) in [6, 6.07) is 4.32. The zero-order valence-electron chi connectivity index (χ0n) is 8.08. The van der Waals surface area contributed by atoms with Crippen LogP contribution in [0.15, 0.2) is 12.1 Å².